The molecule has 1 aliphatic rings. The Morgan fingerprint density at radius 3 is 2.75 bits per heavy atom. The molecule has 102 valence electrons. The molecule has 0 bridgehead atoms. The van der Waals surface area contributed by atoms with Crippen LogP contribution in [0.1, 0.15) is 23.6 Å². The monoisotopic (exact) mass is 267 g/mol. The van der Waals surface area contributed by atoms with Crippen LogP contribution < -0.4 is 4.74 Å². The molecule has 0 unspecified atom stereocenters. The van der Waals surface area contributed by atoms with Gasteiger partial charge in [0.25, 0.3) is 0 Å². The molecule has 0 fully saturated rings. The van der Waals surface area contributed by atoms with Crippen molar-refractivity contribution in [3.63, 3.8) is 0 Å². The molecule has 1 heterocycles. The molecular formula is C17H17NO2. The number of nitrogens with zero attached hydrogens (tertiary/aromatic N) is 1. The summed E-state index contributed by atoms with van der Waals surface area (Å²) in [5.74, 6) is 0.733. The molecule has 0 aromatic heterocycles. The predicted molar refractivity (Wildman–Crippen MR) is 79.9 cm³/mol. The molecule has 0 radical (unpaired) electrons. The highest BCUT2D eigenvalue weighted by atomic mass is 16.5. The molecule has 1 N–H and O–H groups in total. The van der Waals surface area contributed by atoms with E-state index in [0.717, 1.165) is 29.8 Å². The third kappa shape index (κ3) is 2.27. The maximum absolute atomic E-state index is 10.1. The quantitative estimate of drug-likeness (QED) is 0.928. The first-order chi connectivity index (χ1) is 9.79. The summed E-state index contributed by atoms with van der Waals surface area (Å²) in [5.41, 5.74) is 4.21. The summed E-state index contributed by atoms with van der Waals surface area (Å²) in [4.78, 5) is 4.62. The molecule has 3 heteroatoms. The highest BCUT2D eigenvalue weighted by Crippen LogP contribution is 2.33. The second-order valence-electron chi connectivity index (χ2n) is 4.76. The van der Waals surface area contributed by atoms with Crippen LogP contribution in [0.2, 0.25) is 0 Å². The zero-order valence-electron chi connectivity index (χ0n) is 11.5. The summed E-state index contributed by atoms with van der Waals surface area (Å²) in [6.07, 6.45) is 0.881. The Labute approximate surface area is 118 Å². The Balaban J connectivity index is 2.07. The number of ether oxygens (including phenoxy) is 1. The zero-order chi connectivity index (χ0) is 13.9. The molecule has 20 heavy (non-hydrogen) atoms. The van der Waals surface area contributed by atoms with Crippen LogP contribution in [0.15, 0.2) is 47.5 Å². The van der Waals surface area contributed by atoms with Crippen LogP contribution in [-0.2, 0) is 6.42 Å². The summed E-state index contributed by atoms with van der Waals surface area (Å²) in [5, 5.41) is 10.1. The van der Waals surface area contributed by atoms with Gasteiger partial charge in [0.1, 0.15) is 0 Å². The third-order valence-electron chi connectivity index (χ3n) is 3.44. The minimum atomic E-state index is 0.177. The maximum atomic E-state index is 10.1. The van der Waals surface area contributed by atoms with Crippen molar-refractivity contribution in [2.75, 3.05) is 13.2 Å². The molecule has 0 saturated heterocycles. The van der Waals surface area contributed by atoms with E-state index >= 15 is 0 Å². The highest BCUT2D eigenvalue weighted by Gasteiger charge is 2.18. The number of hydrogen-bond donors (Lipinski definition) is 1. The topological polar surface area (TPSA) is 41.8 Å². The second-order valence-corrected chi connectivity index (χ2v) is 4.76. The molecule has 2 aromatic rings. The van der Waals surface area contributed by atoms with Gasteiger partial charge in [-0.05, 0) is 31.0 Å². The lowest BCUT2D eigenvalue weighted by molar-refractivity contribution is 0.317. The van der Waals surface area contributed by atoms with Crippen molar-refractivity contribution in [2.45, 2.75) is 13.3 Å². The first-order valence-electron chi connectivity index (χ1n) is 6.88. The van der Waals surface area contributed by atoms with Gasteiger partial charge >= 0.3 is 0 Å². The van der Waals surface area contributed by atoms with Gasteiger partial charge in [0.2, 0.25) is 0 Å². The molecule has 0 aliphatic carbocycles. The lowest BCUT2D eigenvalue weighted by Gasteiger charge is -2.19. The van der Waals surface area contributed by atoms with E-state index in [1.165, 1.54) is 5.56 Å². The minimum absolute atomic E-state index is 0.177. The number of phenolic OH excluding ortho intramolecular Hbond substituents is 1. The van der Waals surface area contributed by atoms with Crippen molar-refractivity contribution in [3.8, 4) is 11.5 Å². The van der Waals surface area contributed by atoms with Crippen LogP contribution in [0, 0.1) is 0 Å². The van der Waals surface area contributed by atoms with Crippen molar-refractivity contribution in [1.29, 1.82) is 0 Å². The van der Waals surface area contributed by atoms with Gasteiger partial charge in [-0.15, -0.1) is 0 Å². The molecular weight excluding hydrogens is 250 g/mol. The van der Waals surface area contributed by atoms with Crippen LogP contribution in [0.4, 0.5) is 0 Å². The molecule has 3 rings (SSSR count). The van der Waals surface area contributed by atoms with E-state index in [1.54, 1.807) is 6.07 Å². The van der Waals surface area contributed by atoms with E-state index in [4.69, 9.17) is 4.74 Å². The number of benzene rings is 2. The standard InChI is InChI=1S/C17H17NO2/c1-2-20-16-10-13-8-9-18-17(14(13)11-15(16)19)12-6-4-3-5-7-12/h3-7,10-11,19H,2,8-9H2,1H3. The van der Waals surface area contributed by atoms with Crippen LogP contribution >= 0.6 is 0 Å². The normalized spacial score (nSPS) is 13.6. The smallest absolute Gasteiger partial charge is 0.161 e. The Hall–Kier alpha value is -2.29. The van der Waals surface area contributed by atoms with Gasteiger partial charge in [0, 0.05) is 17.7 Å². The maximum Gasteiger partial charge on any atom is 0.161 e. The largest absolute Gasteiger partial charge is 0.504 e. The fraction of sp³-hybridized carbons (Fsp3) is 0.235. The van der Waals surface area contributed by atoms with Crippen molar-refractivity contribution < 1.29 is 9.84 Å². The third-order valence-corrected chi connectivity index (χ3v) is 3.44. The second kappa shape index (κ2) is 5.37. The lowest BCUT2D eigenvalue weighted by atomic mass is 9.93. The molecule has 2 aromatic carbocycles. The van der Waals surface area contributed by atoms with Crippen molar-refractivity contribution in [1.82, 2.24) is 0 Å². The first kappa shape index (κ1) is 12.7. The van der Waals surface area contributed by atoms with Gasteiger partial charge in [-0.25, -0.2) is 0 Å². The minimum Gasteiger partial charge on any atom is -0.504 e. The van der Waals surface area contributed by atoms with E-state index in [0.29, 0.717) is 12.4 Å². The van der Waals surface area contributed by atoms with Gasteiger partial charge in [-0.3, -0.25) is 4.99 Å². The number of rotatable bonds is 3. The predicted octanol–water partition coefficient (Wildman–Crippen LogP) is 3.18. The number of phenols is 1. The summed E-state index contributed by atoms with van der Waals surface area (Å²) < 4.78 is 5.45. The number of hydrogen-bond acceptors (Lipinski definition) is 3. The zero-order valence-corrected chi connectivity index (χ0v) is 11.5. The summed E-state index contributed by atoms with van der Waals surface area (Å²) in [6.45, 7) is 3.23. The van der Waals surface area contributed by atoms with Gasteiger partial charge in [0.05, 0.1) is 12.3 Å². The van der Waals surface area contributed by atoms with Crippen molar-refractivity contribution >= 4 is 5.71 Å². The summed E-state index contributed by atoms with van der Waals surface area (Å²) in [7, 11) is 0. The van der Waals surface area contributed by atoms with E-state index in [2.05, 4.69) is 4.99 Å². The van der Waals surface area contributed by atoms with Crippen molar-refractivity contribution in [2.24, 2.45) is 4.99 Å². The molecule has 1 aliphatic heterocycles. The van der Waals surface area contributed by atoms with Crippen molar-refractivity contribution in [3.05, 3.63) is 59.2 Å². The van der Waals surface area contributed by atoms with E-state index in [9.17, 15) is 5.11 Å². The van der Waals surface area contributed by atoms with Gasteiger partial charge in [0.15, 0.2) is 11.5 Å². The van der Waals surface area contributed by atoms with Gasteiger partial charge in [-0.2, -0.15) is 0 Å². The van der Waals surface area contributed by atoms with Crippen LogP contribution in [0.25, 0.3) is 0 Å². The van der Waals surface area contributed by atoms with Crippen LogP contribution in [0.5, 0.6) is 11.5 Å². The van der Waals surface area contributed by atoms with Gasteiger partial charge < -0.3 is 9.84 Å². The molecule has 3 nitrogen and oxygen atoms in total. The molecule has 0 atom stereocenters. The van der Waals surface area contributed by atoms with Gasteiger partial charge in [-0.1, -0.05) is 30.3 Å². The number of aromatic hydroxyl groups is 1. The fourth-order valence-corrected chi connectivity index (χ4v) is 2.53. The fourth-order valence-electron chi connectivity index (χ4n) is 2.53. The highest BCUT2D eigenvalue weighted by molar-refractivity contribution is 6.14. The van der Waals surface area contributed by atoms with E-state index < -0.39 is 0 Å². The van der Waals surface area contributed by atoms with E-state index in [-0.39, 0.29) is 5.75 Å². The molecule has 0 spiro atoms. The Morgan fingerprint density at radius 2 is 2.00 bits per heavy atom. The molecule has 0 amide bonds. The summed E-state index contributed by atoms with van der Waals surface area (Å²) >= 11 is 0. The van der Waals surface area contributed by atoms with Crippen LogP contribution in [0.3, 0.4) is 0 Å². The number of aliphatic imine (C=N–C) groups is 1. The summed E-state index contributed by atoms with van der Waals surface area (Å²) in [6, 6.07) is 13.8. The average Bonchev–Trinajstić information content (AvgIpc) is 2.49. The average molecular weight is 267 g/mol. The van der Waals surface area contributed by atoms with E-state index in [1.807, 2.05) is 43.3 Å². The Morgan fingerprint density at radius 1 is 1.20 bits per heavy atom. The Bertz CT molecular complexity index is 648. The van der Waals surface area contributed by atoms with Crippen LogP contribution in [-0.4, -0.2) is 24.0 Å². The first-order valence-corrected chi connectivity index (χ1v) is 6.88. The molecule has 0 saturated carbocycles. The Kier molecular flexibility index (Phi) is 3.42. The number of fused-ring (bicyclic) bond motifs is 1. The SMILES string of the molecule is CCOc1cc2c(cc1O)C(c1ccccc1)=NCC2. The lowest BCUT2D eigenvalue weighted by Crippen LogP contribution is -2.14.